The van der Waals surface area contributed by atoms with Crippen molar-refractivity contribution >= 4 is 25.7 Å². The Balaban J connectivity index is 1.97. The number of halogens is 1. The largest absolute Gasteiger partial charge is 0.497 e. The highest BCUT2D eigenvalue weighted by atomic mass is 32.2. The van der Waals surface area contributed by atoms with Crippen LogP contribution in [0.5, 0.6) is 11.5 Å². The van der Waals surface area contributed by atoms with Gasteiger partial charge in [0.25, 0.3) is 10.0 Å². The molecule has 1 heterocycles. The smallest absolute Gasteiger partial charge is 0.265 e. The van der Waals surface area contributed by atoms with Crippen LogP contribution >= 0.6 is 0 Å². The summed E-state index contributed by atoms with van der Waals surface area (Å²) in [6.45, 7) is 0.559. The van der Waals surface area contributed by atoms with Crippen LogP contribution in [0.15, 0.2) is 46.2 Å². The van der Waals surface area contributed by atoms with E-state index in [9.17, 15) is 21.2 Å². The SMILES string of the molecule is COc1ccc(OC)c(S(=O)(=O)Nc2ccc(F)c(S(=O)(=O)N3CCOCC3)c2)c1. The number of ether oxygens (including phenoxy) is 3. The van der Waals surface area contributed by atoms with Gasteiger partial charge in [-0.05, 0) is 30.3 Å². The van der Waals surface area contributed by atoms with Crippen molar-refractivity contribution in [2.45, 2.75) is 9.79 Å². The van der Waals surface area contributed by atoms with Gasteiger partial charge in [-0.25, -0.2) is 21.2 Å². The molecule has 0 aliphatic carbocycles. The van der Waals surface area contributed by atoms with Crippen molar-refractivity contribution in [2.75, 3.05) is 45.2 Å². The summed E-state index contributed by atoms with van der Waals surface area (Å²) < 4.78 is 84.3. The number of nitrogens with zero attached hydrogens (tertiary/aromatic N) is 1. The first-order chi connectivity index (χ1) is 14.2. The average molecular weight is 461 g/mol. The molecule has 0 atom stereocenters. The van der Waals surface area contributed by atoms with E-state index in [0.29, 0.717) is 0 Å². The molecule has 9 nitrogen and oxygen atoms in total. The fourth-order valence-corrected chi connectivity index (χ4v) is 5.63. The molecule has 0 bridgehead atoms. The number of rotatable bonds is 7. The van der Waals surface area contributed by atoms with Crippen molar-refractivity contribution in [1.82, 2.24) is 4.31 Å². The van der Waals surface area contributed by atoms with Gasteiger partial charge in [0.05, 0.1) is 33.1 Å². The summed E-state index contributed by atoms with van der Waals surface area (Å²) in [5.74, 6) is -0.638. The fourth-order valence-electron chi connectivity index (χ4n) is 2.89. The Morgan fingerprint density at radius 2 is 1.67 bits per heavy atom. The molecule has 1 aliphatic rings. The van der Waals surface area contributed by atoms with Gasteiger partial charge >= 0.3 is 0 Å². The minimum absolute atomic E-state index is 0.0616. The Morgan fingerprint density at radius 1 is 0.967 bits per heavy atom. The second-order valence-electron chi connectivity index (χ2n) is 6.28. The van der Waals surface area contributed by atoms with Crippen LogP contribution in [-0.2, 0) is 24.8 Å². The number of nitrogens with one attached hydrogen (secondary N) is 1. The third kappa shape index (κ3) is 4.51. The van der Waals surface area contributed by atoms with Crippen LogP contribution in [0.2, 0.25) is 0 Å². The summed E-state index contributed by atoms with van der Waals surface area (Å²) in [7, 11) is -5.66. The molecule has 0 spiro atoms. The standard InChI is InChI=1S/C18H21FN2O7S2/c1-26-14-4-6-16(27-2)18(12-14)29(22,23)20-13-3-5-15(19)17(11-13)30(24,25)21-7-9-28-10-8-21/h3-6,11-12,20H,7-10H2,1-2H3. The first-order valence-electron chi connectivity index (χ1n) is 8.81. The average Bonchev–Trinajstić information content (AvgIpc) is 2.75. The highest BCUT2D eigenvalue weighted by Crippen LogP contribution is 2.31. The number of hydrogen-bond acceptors (Lipinski definition) is 7. The minimum atomic E-state index is -4.19. The Bertz CT molecular complexity index is 1130. The van der Waals surface area contributed by atoms with Gasteiger partial charge in [-0.1, -0.05) is 0 Å². The minimum Gasteiger partial charge on any atom is -0.497 e. The van der Waals surface area contributed by atoms with E-state index in [2.05, 4.69) is 4.72 Å². The number of benzene rings is 2. The van der Waals surface area contributed by atoms with Crippen LogP contribution in [0.3, 0.4) is 0 Å². The number of sulfonamides is 2. The first kappa shape index (κ1) is 22.3. The van der Waals surface area contributed by atoms with Gasteiger partial charge < -0.3 is 14.2 Å². The highest BCUT2D eigenvalue weighted by Gasteiger charge is 2.30. The van der Waals surface area contributed by atoms with E-state index in [1.54, 1.807) is 0 Å². The van der Waals surface area contributed by atoms with Crippen LogP contribution < -0.4 is 14.2 Å². The lowest BCUT2D eigenvalue weighted by Gasteiger charge is -2.26. The summed E-state index contributed by atoms with van der Waals surface area (Å²) in [6, 6.07) is 7.20. The van der Waals surface area contributed by atoms with E-state index in [4.69, 9.17) is 14.2 Å². The molecular formula is C18H21FN2O7S2. The van der Waals surface area contributed by atoms with Gasteiger partial charge in [0.1, 0.15) is 27.1 Å². The maximum atomic E-state index is 14.3. The van der Waals surface area contributed by atoms with Gasteiger partial charge in [-0.2, -0.15) is 4.31 Å². The molecule has 2 aromatic rings. The predicted molar refractivity (Wildman–Crippen MR) is 106 cm³/mol. The van der Waals surface area contributed by atoms with Crippen LogP contribution in [0.4, 0.5) is 10.1 Å². The number of methoxy groups -OCH3 is 2. The molecule has 12 heteroatoms. The first-order valence-corrected chi connectivity index (χ1v) is 11.7. The Kier molecular flexibility index (Phi) is 6.50. The molecule has 0 saturated carbocycles. The molecule has 0 aromatic heterocycles. The molecule has 0 amide bonds. The lowest BCUT2D eigenvalue weighted by Crippen LogP contribution is -2.40. The van der Waals surface area contributed by atoms with Crippen LogP contribution in [-0.4, -0.2) is 61.7 Å². The second-order valence-corrected chi connectivity index (χ2v) is 9.84. The van der Waals surface area contributed by atoms with Crippen molar-refractivity contribution in [1.29, 1.82) is 0 Å². The highest BCUT2D eigenvalue weighted by molar-refractivity contribution is 7.92. The molecule has 164 valence electrons. The van der Waals surface area contributed by atoms with E-state index in [0.717, 1.165) is 22.5 Å². The number of anilines is 1. The van der Waals surface area contributed by atoms with E-state index >= 15 is 0 Å². The molecular weight excluding hydrogens is 439 g/mol. The molecule has 1 fully saturated rings. The summed E-state index contributed by atoms with van der Waals surface area (Å²) in [4.78, 5) is -0.839. The zero-order chi connectivity index (χ0) is 21.9. The van der Waals surface area contributed by atoms with Crippen molar-refractivity contribution in [3.63, 3.8) is 0 Å². The molecule has 1 N–H and O–H groups in total. The van der Waals surface area contributed by atoms with Crippen molar-refractivity contribution in [2.24, 2.45) is 0 Å². The quantitative estimate of drug-likeness (QED) is 0.669. The molecule has 3 rings (SSSR count). The lowest BCUT2D eigenvalue weighted by molar-refractivity contribution is 0.0729. The van der Waals surface area contributed by atoms with Crippen LogP contribution in [0, 0.1) is 5.82 Å². The zero-order valence-corrected chi connectivity index (χ0v) is 17.9. The summed E-state index contributed by atoms with van der Waals surface area (Å²) in [5.41, 5.74) is -0.117. The predicted octanol–water partition coefficient (Wildman–Crippen LogP) is 1.66. The van der Waals surface area contributed by atoms with E-state index in [-0.39, 0.29) is 48.4 Å². The lowest BCUT2D eigenvalue weighted by atomic mass is 10.3. The summed E-state index contributed by atoms with van der Waals surface area (Å²) >= 11 is 0. The van der Waals surface area contributed by atoms with Crippen molar-refractivity contribution in [3.05, 3.63) is 42.2 Å². The molecule has 1 aliphatic heterocycles. The van der Waals surface area contributed by atoms with Gasteiger partial charge in [0.15, 0.2) is 0 Å². The number of hydrogen-bond donors (Lipinski definition) is 1. The van der Waals surface area contributed by atoms with Crippen LogP contribution in [0.25, 0.3) is 0 Å². The summed E-state index contributed by atoms with van der Waals surface area (Å²) in [6.07, 6.45) is 0. The molecule has 1 saturated heterocycles. The monoisotopic (exact) mass is 460 g/mol. The van der Waals surface area contributed by atoms with Gasteiger partial charge in [0.2, 0.25) is 10.0 Å². The zero-order valence-electron chi connectivity index (χ0n) is 16.3. The maximum Gasteiger partial charge on any atom is 0.265 e. The second kappa shape index (κ2) is 8.76. The van der Waals surface area contributed by atoms with Gasteiger partial charge in [-0.15, -0.1) is 0 Å². The molecule has 30 heavy (non-hydrogen) atoms. The molecule has 0 radical (unpaired) electrons. The maximum absolute atomic E-state index is 14.3. The van der Waals surface area contributed by atoms with Gasteiger partial charge in [-0.3, -0.25) is 4.72 Å². The Labute approximate surface area is 174 Å². The fraction of sp³-hybridized carbons (Fsp3) is 0.333. The van der Waals surface area contributed by atoms with E-state index in [1.165, 1.54) is 32.4 Å². The van der Waals surface area contributed by atoms with E-state index < -0.39 is 30.8 Å². The van der Waals surface area contributed by atoms with Crippen molar-refractivity contribution < 1.29 is 35.4 Å². The Morgan fingerprint density at radius 3 is 2.30 bits per heavy atom. The van der Waals surface area contributed by atoms with E-state index in [1.807, 2.05) is 0 Å². The topological polar surface area (TPSA) is 111 Å². The van der Waals surface area contributed by atoms with Crippen LogP contribution in [0.1, 0.15) is 0 Å². The third-order valence-corrected chi connectivity index (χ3v) is 7.75. The van der Waals surface area contributed by atoms with Gasteiger partial charge in [0, 0.05) is 19.2 Å². The molecule has 0 unspecified atom stereocenters. The Hall–Kier alpha value is -2.41. The third-order valence-electron chi connectivity index (χ3n) is 4.43. The summed E-state index contributed by atoms with van der Waals surface area (Å²) in [5, 5.41) is 0. The van der Waals surface area contributed by atoms with Crippen molar-refractivity contribution in [3.8, 4) is 11.5 Å². The molecule has 2 aromatic carbocycles. The normalized spacial score (nSPS) is 15.6. The number of morpholine rings is 1.